The van der Waals surface area contributed by atoms with Crippen molar-refractivity contribution in [1.29, 1.82) is 5.26 Å². The molecule has 0 unspecified atom stereocenters. The van der Waals surface area contributed by atoms with E-state index in [1.165, 1.54) is 16.7 Å². The van der Waals surface area contributed by atoms with Crippen LogP contribution in [0.1, 0.15) is 27.8 Å². The predicted molar refractivity (Wildman–Crippen MR) is 119 cm³/mol. The highest BCUT2D eigenvalue weighted by atomic mass is 35.5. The van der Waals surface area contributed by atoms with Gasteiger partial charge in [0.05, 0.1) is 0 Å². The Morgan fingerprint density at radius 1 is 1.03 bits per heavy atom. The Hall–Kier alpha value is -3.35. The molecule has 0 aliphatic carbocycles. The number of nitriles is 1. The standard InChI is InChI=1S/C25H21ClN2O/c1-17-10-18(2)12-19(11-17)13-20-8-9-23(26)15-21(20)14-22(16-27)25(29)28-24-6-4-3-5-7-24/h3-12,14-15H,13H2,1-2H3,(H,28,29)/b22-14+. The summed E-state index contributed by atoms with van der Waals surface area (Å²) >= 11 is 6.19. The maximum atomic E-state index is 12.6. The third kappa shape index (κ3) is 5.57. The molecule has 0 bridgehead atoms. The summed E-state index contributed by atoms with van der Waals surface area (Å²) in [4.78, 5) is 12.6. The number of amides is 1. The molecule has 3 aromatic rings. The molecule has 1 N–H and O–H groups in total. The Morgan fingerprint density at radius 2 is 1.72 bits per heavy atom. The highest BCUT2D eigenvalue weighted by Gasteiger charge is 2.12. The number of para-hydroxylation sites is 1. The summed E-state index contributed by atoms with van der Waals surface area (Å²) < 4.78 is 0. The maximum Gasteiger partial charge on any atom is 0.266 e. The minimum atomic E-state index is -0.448. The number of carbonyl (C=O) groups excluding carboxylic acids is 1. The number of aryl methyl sites for hydroxylation is 2. The van der Waals surface area contributed by atoms with Gasteiger partial charge in [-0.1, -0.05) is 65.2 Å². The van der Waals surface area contributed by atoms with Gasteiger partial charge in [0.15, 0.2) is 0 Å². The second-order valence-electron chi connectivity index (χ2n) is 7.01. The van der Waals surface area contributed by atoms with E-state index in [9.17, 15) is 10.1 Å². The van der Waals surface area contributed by atoms with Crippen molar-refractivity contribution in [3.05, 3.63) is 105 Å². The van der Waals surface area contributed by atoms with Gasteiger partial charge in [-0.05, 0) is 67.3 Å². The Kier molecular flexibility index (Phi) is 6.49. The lowest BCUT2D eigenvalue weighted by Crippen LogP contribution is -2.13. The lowest BCUT2D eigenvalue weighted by molar-refractivity contribution is -0.112. The topological polar surface area (TPSA) is 52.9 Å². The zero-order valence-corrected chi connectivity index (χ0v) is 17.1. The molecule has 3 rings (SSSR count). The molecule has 29 heavy (non-hydrogen) atoms. The van der Waals surface area contributed by atoms with Crippen LogP contribution in [0, 0.1) is 25.2 Å². The van der Waals surface area contributed by atoms with Crippen molar-refractivity contribution in [1.82, 2.24) is 0 Å². The van der Waals surface area contributed by atoms with Gasteiger partial charge in [-0.25, -0.2) is 0 Å². The molecule has 4 heteroatoms. The van der Waals surface area contributed by atoms with Crippen molar-refractivity contribution in [2.45, 2.75) is 20.3 Å². The Morgan fingerprint density at radius 3 is 2.38 bits per heavy atom. The number of hydrogen-bond donors (Lipinski definition) is 1. The molecule has 0 saturated carbocycles. The molecule has 0 heterocycles. The van der Waals surface area contributed by atoms with E-state index in [2.05, 4.69) is 37.4 Å². The van der Waals surface area contributed by atoms with Crippen LogP contribution in [0.4, 0.5) is 5.69 Å². The van der Waals surface area contributed by atoms with Gasteiger partial charge in [0, 0.05) is 10.7 Å². The van der Waals surface area contributed by atoms with E-state index in [-0.39, 0.29) is 5.57 Å². The van der Waals surface area contributed by atoms with Crippen LogP contribution in [0.25, 0.3) is 6.08 Å². The summed E-state index contributed by atoms with van der Waals surface area (Å²) in [5.74, 6) is -0.448. The first-order valence-corrected chi connectivity index (χ1v) is 9.66. The maximum absolute atomic E-state index is 12.6. The molecule has 0 spiro atoms. The Labute approximate surface area is 176 Å². The lowest BCUT2D eigenvalue weighted by Gasteiger charge is -2.10. The van der Waals surface area contributed by atoms with Crippen LogP contribution >= 0.6 is 11.6 Å². The zero-order chi connectivity index (χ0) is 20.8. The van der Waals surface area contributed by atoms with E-state index >= 15 is 0 Å². The fraction of sp³-hybridized carbons (Fsp3) is 0.120. The van der Waals surface area contributed by atoms with Gasteiger partial charge in [0.1, 0.15) is 11.6 Å². The van der Waals surface area contributed by atoms with Crippen LogP contribution in [-0.4, -0.2) is 5.91 Å². The van der Waals surface area contributed by atoms with Crippen molar-refractivity contribution in [3.63, 3.8) is 0 Å². The fourth-order valence-electron chi connectivity index (χ4n) is 3.28. The number of halogens is 1. The summed E-state index contributed by atoms with van der Waals surface area (Å²) in [5, 5.41) is 12.9. The molecular weight excluding hydrogens is 380 g/mol. The molecule has 0 atom stereocenters. The molecule has 1 amide bonds. The second kappa shape index (κ2) is 9.23. The number of carbonyl (C=O) groups is 1. The van der Waals surface area contributed by atoms with Gasteiger partial charge >= 0.3 is 0 Å². The first kappa shape index (κ1) is 20.4. The molecule has 0 aromatic heterocycles. The van der Waals surface area contributed by atoms with Crippen LogP contribution in [0.2, 0.25) is 5.02 Å². The van der Waals surface area contributed by atoms with E-state index in [0.29, 0.717) is 17.1 Å². The van der Waals surface area contributed by atoms with Crippen LogP contribution in [0.5, 0.6) is 0 Å². The molecule has 0 aliphatic rings. The van der Waals surface area contributed by atoms with E-state index in [0.717, 1.165) is 11.1 Å². The summed E-state index contributed by atoms with van der Waals surface area (Å²) in [6.45, 7) is 4.14. The van der Waals surface area contributed by atoms with Gasteiger partial charge in [0.2, 0.25) is 0 Å². The Balaban J connectivity index is 1.93. The van der Waals surface area contributed by atoms with Crippen LogP contribution in [0.3, 0.4) is 0 Å². The highest BCUT2D eigenvalue weighted by molar-refractivity contribution is 6.30. The summed E-state index contributed by atoms with van der Waals surface area (Å²) in [7, 11) is 0. The summed E-state index contributed by atoms with van der Waals surface area (Å²) in [6, 6.07) is 23.0. The smallest absolute Gasteiger partial charge is 0.266 e. The molecule has 0 radical (unpaired) electrons. The molecular formula is C25H21ClN2O. The number of rotatable bonds is 5. The summed E-state index contributed by atoms with van der Waals surface area (Å²) in [5.41, 5.74) is 6.00. The van der Waals surface area contributed by atoms with E-state index in [1.54, 1.807) is 24.3 Å². The summed E-state index contributed by atoms with van der Waals surface area (Å²) in [6.07, 6.45) is 2.28. The van der Waals surface area contributed by atoms with Gasteiger partial charge in [-0.2, -0.15) is 5.26 Å². The third-order valence-corrected chi connectivity index (χ3v) is 4.72. The zero-order valence-electron chi connectivity index (χ0n) is 16.4. The minimum Gasteiger partial charge on any atom is -0.321 e. The number of nitrogens with one attached hydrogen (secondary N) is 1. The predicted octanol–water partition coefficient (Wildman–Crippen LogP) is 6.09. The normalized spacial score (nSPS) is 11.0. The third-order valence-electron chi connectivity index (χ3n) is 4.48. The van der Waals surface area contributed by atoms with Gasteiger partial charge in [-0.3, -0.25) is 4.79 Å². The van der Waals surface area contributed by atoms with Crippen molar-refractivity contribution in [2.75, 3.05) is 5.32 Å². The first-order chi connectivity index (χ1) is 13.9. The van der Waals surface area contributed by atoms with E-state index in [1.807, 2.05) is 36.4 Å². The molecule has 0 aliphatic heterocycles. The lowest BCUT2D eigenvalue weighted by atomic mass is 9.96. The highest BCUT2D eigenvalue weighted by Crippen LogP contribution is 2.23. The van der Waals surface area contributed by atoms with Crippen molar-refractivity contribution < 1.29 is 4.79 Å². The van der Waals surface area contributed by atoms with E-state index < -0.39 is 5.91 Å². The van der Waals surface area contributed by atoms with Gasteiger partial charge in [-0.15, -0.1) is 0 Å². The van der Waals surface area contributed by atoms with Crippen LogP contribution in [0.15, 0.2) is 72.3 Å². The quantitative estimate of drug-likeness (QED) is 0.416. The number of anilines is 1. The average molecular weight is 401 g/mol. The SMILES string of the molecule is Cc1cc(C)cc(Cc2ccc(Cl)cc2/C=C(\C#N)C(=O)Nc2ccccc2)c1. The van der Waals surface area contributed by atoms with Gasteiger partial charge < -0.3 is 5.32 Å². The fourth-order valence-corrected chi connectivity index (χ4v) is 3.46. The largest absolute Gasteiger partial charge is 0.321 e. The Bertz CT molecular complexity index is 1090. The van der Waals surface area contributed by atoms with Gasteiger partial charge in [0.25, 0.3) is 5.91 Å². The minimum absolute atomic E-state index is 0.0257. The number of nitrogens with zero attached hydrogens (tertiary/aromatic N) is 1. The second-order valence-corrected chi connectivity index (χ2v) is 7.44. The monoisotopic (exact) mass is 400 g/mol. The number of benzene rings is 3. The molecule has 0 fully saturated rings. The van der Waals surface area contributed by atoms with E-state index in [4.69, 9.17) is 11.6 Å². The molecule has 3 nitrogen and oxygen atoms in total. The molecule has 0 saturated heterocycles. The first-order valence-electron chi connectivity index (χ1n) is 9.28. The number of hydrogen-bond acceptors (Lipinski definition) is 2. The van der Waals surface area contributed by atoms with Crippen molar-refractivity contribution in [2.24, 2.45) is 0 Å². The van der Waals surface area contributed by atoms with Crippen LogP contribution in [-0.2, 0) is 11.2 Å². The molecule has 3 aromatic carbocycles. The van der Waals surface area contributed by atoms with Crippen LogP contribution < -0.4 is 5.32 Å². The average Bonchev–Trinajstić information content (AvgIpc) is 2.68. The van der Waals surface area contributed by atoms with Crippen molar-refractivity contribution >= 4 is 29.3 Å². The molecule has 144 valence electrons. The van der Waals surface area contributed by atoms with Crippen molar-refractivity contribution in [3.8, 4) is 6.07 Å².